The fraction of sp³-hybridized carbons (Fsp3) is 0.941. The van der Waals surface area contributed by atoms with Gasteiger partial charge >= 0.3 is 0 Å². The van der Waals surface area contributed by atoms with E-state index in [1.54, 1.807) is 14.0 Å². The Hall–Kier alpha value is -0.490. The Balaban J connectivity index is 4.69. The van der Waals surface area contributed by atoms with Crippen molar-refractivity contribution in [1.82, 2.24) is 0 Å². The van der Waals surface area contributed by atoms with Gasteiger partial charge in [-0.05, 0) is 51.9 Å². The van der Waals surface area contributed by atoms with Crippen LogP contribution in [0.5, 0.6) is 0 Å². The zero-order valence-electron chi connectivity index (χ0n) is 14.7. The summed E-state index contributed by atoms with van der Waals surface area (Å²) in [6.07, 6.45) is 3.08. The van der Waals surface area contributed by atoms with Crippen molar-refractivity contribution in [2.45, 2.75) is 71.2 Å². The van der Waals surface area contributed by atoms with E-state index in [4.69, 9.17) is 9.47 Å². The maximum absolute atomic E-state index is 10.7. The summed E-state index contributed by atoms with van der Waals surface area (Å²) in [6.45, 7) is 7.94. The highest BCUT2D eigenvalue weighted by Crippen LogP contribution is 2.30. The molecule has 132 valence electrons. The molecule has 0 aliphatic rings. The van der Waals surface area contributed by atoms with Crippen LogP contribution in [0.4, 0.5) is 0 Å². The highest BCUT2D eigenvalue weighted by molar-refractivity contribution is 5.49. The van der Waals surface area contributed by atoms with E-state index >= 15 is 0 Å². The van der Waals surface area contributed by atoms with E-state index < -0.39 is 6.10 Å². The highest BCUT2D eigenvalue weighted by Gasteiger charge is 2.27. The van der Waals surface area contributed by atoms with Crippen molar-refractivity contribution in [3.8, 4) is 0 Å². The molecule has 5 heteroatoms. The van der Waals surface area contributed by atoms with Crippen LogP contribution in [-0.2, 0) is 14.3 Å². The molecule has 0 radical (unpaired) electrons. The lowest BCUT2D eigenvalue weighted by Crippen LogP contribution is -2.31. The van der Waals surface area contributed by atoms with Crippen LogP contribution in [0, 0.1) is 11.8 Å². The molecule has 22 heavy (non-hydrogen) atoms. The first-order valence-electron chi connectivity index (χ1n) is 8.13. The van der Waals surface area contributed by atoms with Crippen LogP contribution in [-0.4, -0.2) is 54.6 Å². The van der Waals surface area contributed by atoms with E-state index in [1.807, 2.05) is 13.8 Å². The number of hydrogen-bond donors (Lipinski definition) is 2. The Labute approximate surface area is 135 Å². The van der Waals surface area contributed by atoms with Crippen molar-refractivity contribution in [3.05, 3.63) is 0 Å². The zero-order chi connectivity index (χ0) is 17.2. The van der Waals surface area contributed by atoms with E-state index in [0.29, 0.717) is 18.8 Å². The number of methoxy groups -OCH3 is 1. The summed E-state index contributed by atoms with van der Waals surface area (Å²) in [5.41, 5.74) is -0.254. The van der Waals surface area contributed by atoms with Gasteiger partial charge in [-0.1, -0.05) is 6.92 Å². The first-order valence-corrected chi connectivity index (χ1v) is 8.13. The first kappa shape index (κ1) is 21.5. The van der Waals surface area contributed by atoms with Crippen molar-refractivity contribution < 1.29 is 24.5 Å². The fourth-order valence-electron chi connectivity index (χ4n) is 2.71. The summed E-state index contributed by atoms with van der Waals surface area (Å²) in [4.78, 5) is 10.7. The minimum Gasteiger partial charge on any atom is -0.394 e. The Bertz CT molecular complexity index is 291. The molecule has 2 N–H and O–H groups in total. The molecule has 0 aliphatic heterocycles. The lowest BCUT2D eigenvalue weighted by molar-refractivity contribution is -0.108. The van der Waals surface area contributed by atoms with Crippen molar-refractivity contribution >= 4 is 6.29 Å². The van der Waals surface area contributed by atoms with E-state index in [1.165, 1.54) is 0 Å². The van der Waals surface area contributed by atoms with Gasteiger partial charge in [0.15, 0.2) is 0 Å². The van der Waals surface area contributed by atoms with E-state index in [0.717, 1.165) is 19.1 Å². The molecule has 0 aromatic heterocycles. The molecule has 4 unspecified atom stereocenters. The molecule has 4 atom stereocenters. The van der Waals surface area contributed by atoms with E-state index in [9.17, 15) is 15.0 Å². The quantitative estimate of drug-likeness (QED) is 0.509. The van der Waals surface area contributed by atoms with Gasteiger partial charge in [-0.2, -0.15) is 0 Å². The average Bonchev–Trinajstić information content (AvgIpc) is 2.42. The third-order valence-corrected chi connectivity index (χ3v) is 3.94. The normalized spacial score (nSPS) is 17.8. The highest BCUT2D eigenvalue weighted by atomic mass is 16.5. The topological polar surface area (TPSA) is 76.0 Å². The maximum atomic E-state index is 10.7. The van der Waals surface area contributed by atoms with Gasteiger partial charge in [0, 0.05) is 13.5 Å². The second kappa shape index (κ2) is 11.1. The molecule has 0 aliphatic carbocycles. The number of aldehydes is 1. The summed E-state index contributed by atoms with van der Waals surface area (Å²) >= 11 is 0. The molecule has 0 aromatic carbocycles. The number of aliphatic hydroxyl groups excluding tert-OH is 2. The number of ether oxygens (including phenoxy) is 2. The summed E-state index contributed by atoms with van der Waals surface area (Å²) < 4.78 is 11.1. The van der Waals surface area contributed by atoms with Gasteiger partial charge in [0.2, 0.25) is 0 Å². The summed E-state index contributed by atoms with van der Waals surface area (Å²) in [5, 5.41) is 18.8. The number of hydrogen-bond acceptors (Lipinski definition) is 5. The summed E-state index contributed by atoms with van der Waals surface area (Å²) in [6, 6.07) is 0. The SMILES string of the molecule is COC(C)(C)CC(CC(C)CC=O)CC(CO)OCC(C)O. The maximum Gasteiger partial charge on any atom is 0.120 e. The Morgan fingerprint density at radius 1 is 1.23 bits per heavy atom. The van der Waals surface area contributed by atoms with Crippen LogP contribution in [0.3, 0.4) is 0 Å². The summed E-state index contributed by atoms with van der Waals surface area (Å²) in [5.74, 6) is 0.585. The molecule has 0 saturated carbocycles. The van der Waals surface area contributed by atoms with Crippen LogP contribution >= 0.6 is 0 Å². The number of carbonyl (C=O) groups is 1. The predicted molar refractivity (Wildman–Crippen MR) is 86.8 cm³/mol. The van der Waals surface area contributed by atoms with Gasteiger partial charge < -0.3 is 24.5 Å². The Morgan fingerprint density at radius 2 is 1.86 bits per heavy atom. The van der Waals surface area contributed by atoms with Crippen LogP contribution in [0.25, 0.3) is 0 Å². The van der Waals surface area contributed by atoms with Gasteiger partial charge in [-0.3, -0.25) is 0 Å². The molecule has 5 nitrogen and oxygen atoms in total. The second-order valence-corrected chi connectivity index (χ2v) is 7.00. The molecule has 0 rings (SSSR count). The van der Waals surface area contributed by atoms with E-state index in [-0.39, 0.29) is 30.8 Å². The monoisotopic (exact) mass is 318 g/mol. The standard InChI is InChI=1S/C17H34O5/c1-13(6-7-18)8-15(10-17(3,4)21-5)9-16(11-19)22-12-14(2)20/h7,13-16,19-20H,6,8-12H2,1-5H3. The van der Waals surface area contributed by atoms with Gasteiger partial charge in [0.05, 0.1) is 31.0 Å². The van der Waals surface area contributed by atoms with Gasteiger partial charge in [-0.25, -0.2) is 0 Å². The fourth-order valence-corrected chi connectivity index (χ4v) is 2.71. The van der Waals surface area contributed by atoms with Crippen LogP contribution in [0.1, 0.15) is 53.4 Å². The Morgan fingerprint density at radius 3 is 2.32 bits per heavy atom. The van der Waals surface area contributed by atoms with Crippen molar-refractivity contribution in [2.75, 3.05) is 20.3 Å². The Kier molecular flexibility index (Phi) is 10.9. The lowest BCUT2D eigenvalue weighted by atomic mass is 9.82. The van der Waals surface area contributed by atoms with Crippen LogP contribution < -0.4 is 0 Å². The van der Waals surface area contributed by atoms with Gasteiger partial charge in [0.25, 0.3) is 0 Å². The van der Waals surface area contributed by atoms with Gasteiger partial charge in [0.1, 0.15) is 6.29 Å². The average molecular weight is 318 g/mol. The lowest BCUT2D eigenvalue weighted by Gasteiger charge is -2.32. The number of carbonyl (C=O) groups excluding carboxylic acids is 1. The zero-order valence-corrected chi connectivity index (χ0v) is 14.7. The third-order valence-electron chi connectivity index (χ3n) is 3.94. The molecular weight excluding hydrogens is 284 g/mol. The summed E-state index contributed by atoms with van der Waals surface area (Å²) in [7, 11) is 1.69. The van der Waals surface area contributed by atoms with E-state index in [2.05, 4.69) is 6.92 Å². The molecule has 0 amide bonds. The molecule has 0 bridgehead atoms. The van der Waals surface area contributed by atoms with Gasteiger partial charge in [-0.15, -0.1) is 0 Å². The molecular formula is C17H34O5. The number of aliphatic hydroxyl groups is 2. The van der Waals surface area contributed by atoms with Crippen molar-refractivity contribution in [3.63, 3.8) is 0 Å². The third kappa shape index (κ3) is 10.3. The van der Waals surface area contributed by atoms with Crippen LogP contribution in [0.2, 0.25) is 0 Å². The van der Waals surface area contributed by atoms with Crippen LogP contribution in [0.15, 0.2) is 0 Å². The molecule has 0 fully saturated rings. The largest absolute Gasteiger partial charge is 0.394 e. The van der Waals surface area contributed by atoms with Crippen molar-refractivity contribution in [1.29, 1.82) is 0 Å². The smallest absolute Gasteiger partial charge is 0.120 e. The first-order chi connectivity index (χ1) is 10.2. The second-order valence-electron chi connectivity index (χ2n) is 7.00. The minimum atomic E-state index is -0.545. The van der Waals surface area contributed by atoms with Crippen molar-refractivity contribution in [2.24, 2.45) is 11.8 Å². The molecule has 0 spiro atoms. The minimum absolute atomic E-state index is 0.0707. The molecule has 0 heterocycles. The molecule has 0 aromatic rings. The molecule has 0 saturated heterocycles. The number of rotatable bonds is 13. The predicted octanol–water partition coefficient (Wildman–Crippen LogP) is 2.18.